The summed E-state index contributed by atoms with van der Waals surface area (Å²) in [6.45, 7) is 4.50. The highest BCUT2D eigenvalue weighted by Gasteiger charge is 2.19. The Morgan fingerprint density at radius 3 is 2.57 bits per heavy atom. The van der Waals surface area contributed by atoms with Crippen molar-refractivity contribution in [2.24, 2.45) is 4.99 Å². The number of guanidine groups is 1. The number of para-hydroxylation sites is 1. The van der Waals surface area contributed by atoms with Crippen molar-refractivity contribution in [1.82, 2.24) is 15.5 Å². The van der Waals surface area contributed by atoms with E-state index >= 15 is 0 Å². The van der Waals surface area contributed by atoms with E-state index in [-0.39, 0.29) is 23.6 Å². The second kappa shape index (κ2) is 10.6. The quantitative estimate of drug-likeness (QED) is 0.517. The van der Waals surface area contributed by atoms with Crippen LogP contribution in [0.5, 0.6) is 5.75 Å². The van der Waals surface area contributed by atoms with Gasteiger partial charge in [-0.3, -0.25) is 9.79 Å². The lowest BCUT2D eigenvalue weighted by molar-refractivity contribution is -0.128. The molecule has 1 saturated heterocycles. The number of amides is 1. The normalized spacial score (nSPS) is 15.2. The van der Waals surface area contributed by atoms with Crippen LogP contribution in [0.4, 0.5) is 4.39 Å². The van der Waals surface area contributed by atoms with Crippen molar-refractivity contribution in [2.75, 3.05) is 20.1 Å². The Balaban J connectivity index is 1.42. The number of benzene rings is 2. The van der Waals surface area contributed by atoms with Crippen molar-refractivity contribution in [2.45, 2.75) is 39.0 Å². The monoisotopic (exact) mass is 412 g/mol. The molecule has 0 bridgehead atoms. The molecule has 0 spiro atoms. The van der Waals surface area contributed by atoms with Gasteiger partial charge in [0.05, 0.1) is 6.54 Å². The van der Waals surface area contributed by atoms with Crippen LogP contribution in [0.3, 0.4) is 0 Å². The van der Waals surface area contributed by atoms with Crippen LogP contribution in [0.25, 0.3) is 0 Å². The Kier molecular flexibility index (Phi) is 7.65. The van der Waals surface area contributed by atoms with Gasteiger partial charge in [-0.05, 0) is 36.6 Å². The summed E-state index contributed by atoms with van der Waals surface area (Å²) in [4.78, 5) is 17.9. The lowest BCUT2D eigenvalue weighted by Gasteiger charge is -2.18. The molecule has 1 atom stereocenters. The minimum absolute atomic E-state index is 0.229. The molecule has 1 amide bonds. The lowest BCUT2D eigenvalue weighted by atomic mass is 10.1. The number of carbonyl (C=O) groups is 1. The second-order valence-electron chi connectivity index (χ2n) is 7.40. The topological polar surface area (TPSA) is 66.0 Å². The molecule has 7 heteroatoms. The zero-order valence-electron chi connectivity index (χ0n) is 17.5. The number of hydrogen-bond donors (Lipinski definition) is 2. The van der Waals surface area contributed by atoms with Gasteiger partial charge in [-0.25, -0.2) is 4.39 Å². The largest absolute Gasteiger partial charge is 0.486 e. The molecule has 2 aromatic carbocycles. The van der Waals surface area contributed by atoms with Gasteiger partial charge in [-0.2, -0.15) is 0 Å². The summed E-state index contributed by atoms with van der Waals surface area (Å²) >= 11 is 0. The zero-order valence-corrected chi connectivity index (χ0v) is 17.5. The van der Waals surface area contributed by atoms with Crippen LogP contribution >= 0.6 is 0 Å². The first-order valence-electron chi connectivity index (χ1n) is 10.3. The first-order valence-corrected chi connectivity index (χ1v) is 10.3. The molecule has 1 unspecified atom stereocenters. The number of rotatable bonds is 8. The fourth-order valence-corrected chi connectivity index (χ4v) is 3.30. The fourth-order valence-electron chi connectivity index (χ4n) is 3.30. The predicted octanol–water partition coefficient (Wildman–Crippen LogP) is 3.08. The molecule has 3 rings (SSSR count). The summed E-state index contributed by atoms with van der Waals surface area (Å²) in [5, 5.41) is 6.45. The van der Waals surface area contributed by atoms with Crippen molar-refractivity contribution < 1.29 is 13.9 Å². The van der Waals surface area contributed by atoms with Crippen molar-refractivity contribution >= 4 is 11.9 Å². The molecule has 0 aromatic heterocycles. The minimum Gasteiger partial charge on any atom is -0.486 e. The summed E-state index contributed by atoms with van der Waals surface area (Å²) in [7, 11) is 1.70. The summed E-state index contributed by atoms with van der Waals surface area (Å²) in [6, 6.07) is 14.6. The molecule has 2 N–H and O–H groups in total. The molecule has 2 aromatic rings. The van der Waals surface area contributed by atoms with E-state index in [4.69, 9.17) is 4.74 Å². The SMILES string of the molecule is CN=C(NCc1ccc(CN2CCCC2=O)cc1)NCC(C)Oc1ccccc1F. The van der Waals surface area contributed by atoms with Gasteiger partial charge in [0, 0.05) is 33.1 Å². The average Bonchev–Trinajstić information content (AvgIpc) is 3.15. The van der Waals surface area contributed by atoms with E-state index in [1.807, 2.05) is 11.8 Å². The van der Waals surface area contributed by atoms with Gasteiger partial charge in [-0.15, -0.1) is 0 Å². The number of nitrogens with one attached hydrogen (secondary N) is 2. The first-order chi connectivity index (χ1) is 14.5. The average molecular weight is 413 g/mol. The lowest BCUT2D eigenvalue weighted by Crippen LogP contribution is -2.41. The third-order valence-electron chi connectivity index (χ3n) is 4.97. The van der Waals surface area contributed by atoms with E-state index in [1.54, 1.807) is 25.2 Å². The molecule has 30 heavy (non-hydrogen) atoms. The number of nitrogens with zero attached hydrogens (tertiary/aromatic N) is 2. The molecule has 1 aliphatic rings. The number of carbonyl (C=O) groups excluding carboxylic acids is 1. The third-order valence-corrected chi connectivity index (χ3v) is 4.97. The Morgan fingerprint density at radius 1 is 1.17 bits per heavy atom. The maximum Gasteiger partial charge on any atom is 0.222 e. The Hall–Kier alpha value is -3.09. The molecule has 1 heterocycles. The molecule has 0 saturated carbocycles. The van der Waals surface area contributed by atoms with Crippen molar-refractivity contribution in [3.05, 3.63) is 65.5 Å². The van der Waals surface area contributed by atoms with Crippen LogP contribution in [0.15, 0.2) is 53.5 Å². The van der Waals surface area contributed by atoms with E-state index in [9.17, 15) is 9.18 Å². The van der Waals surface area contributed by atoms with Crippen molar-refractivity contribution in [3.8, 4) is 5.75 Å². The standard InChI is InChI=1S/C23H29FN4O2/c1-17(30-21-7-4-3-6-20(21)24)14-26-23(25-2)27-15-18-9-11-19(12-10-18)16-28-13-5-8-22(28)29/h3-4,6-7,9-12,17H,5,8,13-16H2,1-2H3,(H2,25,26,27). The number of halogens is 1. The fraction of sp³-hybridized carbons (Fsp3) is 0.391. The maximum absolute atomic E-state index is 13.7. The van der Waals surface area contributed by atoms with Crippen LogP contribution in [-0.4, -0.2) is 43.0 Å². The van der Waals surface area contributed by atoms with Gasteiger partial charge >= 0.3 is 0 Å². The van der Waals surface area contributed by atoms with Crippen molar-refractivity contribution in [3.63, 3.8) is 0 Å². The predicted molar refractivity (Wildman–Crippen MR) is 116 cm³/mol. The van der Waals surface area contributed by atoms with E-state index in [2.05, 4.69) is 39.9 Å². The van der Waals surface area contributed by atoms with E-state index in [0.717, 1.165) is 24.1 Å². The third kappa shape index (κ3) is 6.20. The zero-order chi connectivity index (χ0) is 21.3. The van der Waals surface area contributed by atoms with E-state index in [1.165, 1.54) is 6.07 Å². The Morgan fingerprint density at radius 2 is 1.90 bits per heavy atom. The Labute approximate surface area is 177 Å². The molecule has 1 aliphatic heterocycles. The van der Waals surface area contributed by atoms with Crippen molar-refractivity contribution in [1.29, 1.82) is 0 Å². The number of hydrogen-bond acceptors (Lipinski definition) is 3. The second-order valence-corrected chi connectivity index (χ2v) is 7.40. The van der Waals surface area contributed by atoms with Crippen LogP contribution in [0.1, 0.15) is 30.9 Å². The molecule has 0 radical (unpaired) electrons. The molecular formula is C23H29FN4O2. The highest BCUT2D eigenvalue weighted by atomic mass is 19.1. The highest BCUT2D eigenvalue weighted by Crippen LogP contribution is 2.17. The Bertz CT molecular complexity index is 870. The first kappa shape index (κ1) is 21.6. The molecule has 1 fully saturated rings. The van der Waals surface area contributed by atoms with Gasteiger partial charge in [0.2, 0.25) is 5.91 Å². The van der Waals surface area contributed by atoms with Crippen LogP contribution in [0.2, 0.25) is 0 Å². The van der Waals surface area contributed by atoms with Gasteiger partial charge in [-0.1, -0.05) is 36.4 Å². The highest BCUT2D eigenvalue weighted by molar-refractivity contribution is 5.79. The van der Waals surface area contributed by atoms with Gasteiger partial charge in [0.1, 0.15) is 6.10 Å². The van der Waals surface area contributed by atoms with Gasteiger partial charge < -0.3 is 20.3 Å². The van der Waals surface area contributed by atoms with E-state index in [0.29, 0.717) is 32.0 Å². The van der Waals surface area contributed by atoms with Crippen LogP contribution in [-0.2, 0) is 17.9 Å². The number of ether oxygens (including phenoxy) is 1. The maximum atomic E-state index is 13.7. The smallest absolute Gasteiger partial charge is 0.222 e. The number of likely N-dealkylation sites (tertiary alicyclic amines) is 1. The molecule has 160 valence electrons. The van der Waals surface area contributed by atoms with Crippen LogP contribution in [0, 0.1) is 5.82 Å². The van der Waals surface area contributed by atoms with E-state index < -0.39 is 0 Å². The summed E-state index contributed by atoms with van der Waals surface area (Å²) in [5.41, 5.74) is 2.25. The van der Waals surface area contributed by atoms with Crippen LogP contribution < -0.4 is 15.4 Å². The molecular weight excluding hydrogens is 383 g/mol. The molecule has 6 nitrogen and oxygen atoms in total. The summed E-state index contributed by atoms with van der Waals surface area (Å²) < 4.78 is 19.3. The van der Waals surface area contributed by atoms with Gasteiger partial charge in [0.25, 0.3) is 0 Å². The summed E-state index contributed by atoms with van der Waals surface area (Å²) in [5.74, 6) is 0.754. The summed E-state index contributed by atoms with van der Waals surface area (Å²) in [6.07, 6.45) is 1.39. The van der Waals surface area contributed by atoms with Gasteiger partial charge in [0.15, 0.2) is 17.5 Å². The number of aliphatic imine (C=N–C) groups is 1. The molecule has 0 aliphatic carbocycles. The minimum atomic E-state index is -0.371.